The first-order valence-corrected chi connectivity index (χ1v) is 9.75. The maximum Gasteiger partial charge on any atom is 0.0662 e. The molecule has 2 heteroatoms. The molecule has 0 unspecified atom stereocenters. The number of para-hydroxylation sites is 1. The van der Waals surface area contributed by atoms with Gasteiger partial charge in [0.2, 0.25) is 0 Å². The molecule has 0 fully saturated rings. The van der Waals surface area contributed by atoms with E-state index in [-0.39, 0.29) is 0 Å². The largest absolute Gasteiger partial charge is 0.264 e. The van der Waals surface area contributed by atoms with Gasteiger partial charge in [-0.1, -0.05) is 55.1 Å². The fourth-order valence-corrected chi connectivity index (χ4v) is 3.17. The van der Waals surface area contributed by atoms with Gasteiger partial charge in [-0.3, -0.25) is 9.98 Å². The van der Waals surface area contributed by atoms with E-state index >= 15 is 0 Å². The standard InChI is InChI=1S/C27H26N2/c1-5-7-12-22(6-2)25-16-24(17-26(18-25)23-13-10-15-28-19-23)21(4)29-27-14-9-8-11-20(27)3/h5-19H,1H2,2-4H3/b12-7-,22-6+,29-21?. The summed E-state index contributed by atoms with van der Waals surface area (Å²) < 4.78 is 0. The quantitative estimate of drug-likeness (QED) is 0.325. The van der Waals surface area contributed by atoms with Crippen molar-refractivity contribution in [3.8, 4) is 11.1 Å². The minimum absolute atomic E-state index is 0.981. The molecule has 0 aliphatic carbocycles. The molecule has 0 spiro atoms. The van der Waals surface area contributed by atoms with Crippen LogP contribution in [0.15, 0.2) is 103 Å². The summed E-state index contributed by atoms with van der Waals surface area (Å²) in [5, 5.41) is 0. The number of benzene rings is 2. The lowest BCUT2D eigenvalue weighted by molar-refractivity contribution is 1.33. The molecular weight excluding hydrogens is 352 g/mol. The van der Waals surface area contributed by atoms with Gasteiger partial charge in [0.1, 0.15) is 0 Å². The highest BCUT2D eigenvalue weighted by molar-refractivity contribution is 6.02. The number of allylic oxidation sites excluding steroid dienone is 5. The van der Waals surface area contributed by atoms with E-state index in [1.54, 1.807) is 12.3 Å². The van der Waals surface area contributed by atoms with Gasteiger partial charge in [-0.15, -0.1) is 0 Å². The first kappa shape index (κ1) is 20.2. The van der Waals surface area contributed by atoms with Crippen LogP contribution in [0, 0.1) is 6.92 Å². The van der Waals surface area contributed by atoms with Gasteiger partial charge in [0, 0.05) is 23.7 Å². The third-order valence-electron chi connectivity index (χ3n) is 4.81. The van der Waals surface area contributed by atoms with Gasteiger partial charge in [-0.05, 0) is 78.9 Å². The van der Waals surface area contributed by atoms with Gasteiger partial charge in [-0.25, -0.2) is 0 Å². The van der Waals surface area contributed by atoms with E-state index in [4.69, 9.17) is 4.99 Å². The summed E-state index contributed by atoms with van der Waals surface area (Å²) >= 11 is 0. The van der Waals surface area contributed by atoms with E-state index < -0.39 is 0 Å². The van der Waals surface area contributed by atoms with E-state index in [0.717, 1.165) is 39.2 Å². The Balaban J connectivity index is 2.15. The van der Waals surface area contributed by atoms with Gasteiger partial charge >= 0.3 is 0 Å². The Morgan fingerprint density at radius 3 is 2.48 bits per heavy atom. The number of aromatic nitrogens is 1. The molecule has 0 atom stereocenters. The fourth-order valence-electron chi connectivity index (χ4n) is 3.17. The second-order valence-electron chi connectivity index (χ2n) is 6.86. The summed E-state index contributed by atoms with van der Waals surface area (Å²) in [7, 11) is 0. The number of hydrogen-bond donors (Lipinski definition) is 0. The van der Waals surface area contributed by atoms with Crippen LogP contribution in [0.25, 0.3) is 16.7 Å². The summed E-state index contributed by atoms with van der Waals surface area (Å²) in [4.78, 5) is 9.19. The molecule has 0 bridgehead atoms. The van der Waals surface area contributed by atoms with E-state index in [1.165, 1.54) is 5.56 Å². The van der Waals surface area contributed by atoms with Crippen LogP contribution in [-0.2, 0) is 0 Å². The van der Waals surface area contributed by atoms with Crippen molar-refractivity contribution in [2.45, 2.75) is 20.8 Å². The number of aryl methyl sites for hydroxylation is 1. The van der Waals surface area contributed by atoms with Crippen molar-refractivity contribution in [1.29, 1.82) is 0 Å². The second-order valence-corrected chi connectivity index (χ2v) is 6.86. The minimum Gasteiger partial charge on any atom is -0.264 e. The van der Waals surface area contributed by atoms with Gasteiger partial charge < -0.3 is 0 Å². The van der Waals surface area contributed by atoms with Crippen molar-refractivity contribution in [2.24, 2.45) is 4.99 Å². The number of nitrogens with zero attached hydrogens (tertiary/aromatic N) is 2. The summed E-state index contributed by atoms with van der Waals surface area (Å²) in [5.41, 5.74) is 8.72. The molecule has 0 amide bonds. The van der Waals surface area contributed by atoms with Crippen LogP contribution in [0.1, 0.15) is 30.5 Å². The van der Waals surface area contributed by atoms with Crippen LogP contribution >= 0.6 is 0 Å². The van der Waals surface area contributed by atoms with E-state index in [0.29, 0.717) is 0 Å². The molecule has 0 radical (unpaired) electrons. The normalized spacial score (nSPS) is 12.4. The molecular formula is C27H26N2. The van der Waals surface area contributed by atoms with E-state index in [2.05, 4.69) is 74.0 Å². The maximum atomic E-state index is 4.90. The van der Waals surface area contributed by atoms with Crippen LogP contribution in [0.2, 0.25) is 0 Å². The SMILES string of the molecule is C=C/C=C\C(=C/C)c1cc(C(C)=Nc2ccccc2C)cc(-c2cccnc2)c1. The highest BCUT2D eigenvalue weighted by atomic mass is 14.7. The topological polar surface area (TPSA) is 25.2 Å². The van der Waals surface area contributed by atoms with Gasteiger partial charge in [-0.2, -0.15) is 0 Å². The third-order valence-corrected chi connectivity index (χ3v) is 4.81. The zero-order chi connectivity index (χ0) is 20.6. The molecule has 0 saturated heterocycles. The Hall–Kier alpha value is -3.52. The van der Waals surface area contributed by atoms with Crippen molar-refractivity contribution >= 4 is 17.0 Å². The molecule has 3 rings (SSSR count). The molecule has 2 aromatic carbocycles. The molecule has 2 nitrogen and oxygen atoms in total. The Labute approximate surface area is 173 Å². The first-order chi connectivity index (χ1) is 14.1. The van der Waals surface area contributed by atoms with E-state index in [1.807, 2.05) is 37.4 Å². The molecule has 1 heterocycles. The van der Waals surface area contributed by atoms with Crippen molar-refractivity contribution in [3.05, 3.63) is 115 Å². The molecule has 144 valence electrons. The molecule has 3 aromatic rings. The molecule has 0 N–H and O–H groups in total. The predicted octanol–water partition coefficient (Wildman–Crippen LogP) is 7.34. The van der Waals surface area contributed by atoms with Crippen LogP contribution < -0.4 is 0 Å². The highest BCUT2D eigenvalue weighted by Crippen LogP contribution is 2.28. The van der Waals surface area contributed by atoms with Crippen molar-refractivity contribution in [2.75, 3.05) is 0 Å². The minimum atomic E-state index is 0.981. The molecule has 1 aromatic heterocycles. The second kappa shape index (κ2) is 9.61. The lowest BCUT2D eigenvalue weighted by atomic mass is 9.95. The van der Waals surface area contributed by atoms with E-state index in [9.17, 15) is 0 Å². The third kappa shape index (κ3) is 5.05. The summed E-state index contributed by atoms with van der Waals surface area (Å²) in [6.45, 7) is 9.98. The van der Waals surface area contributed by atoms with Crippen LogP contribution in [-0.4, -0.2) is 10.7 Å². The predicted molar refractivity (Wildman–Crippen MR) is 126 cm³/mol. The molecule has 0 aliphatic rings. The Morgan fingerprint density at radius 1 is 1.00 bits per heavy atom. The number of rotatable bonds is 6. The Kier molecular flexibility index (Phi) is 6.70. The first-order valence-electron chi connectivity index (χ1n) is 9.75. The summed E-state index contributed by atoms with van der Waals surface area (Å²) in [6, 6.07) is 18.8. The smallest absolute Gasteiger partial charge is 0.0662 e. The van der Waals surface area contributed by atoms with Gasteiger partial charge in [0.05, 0.1) is 5.69 Å². The average Bonchev–Trinajstić information content (AvgIpc) is 2.76. The Bertz CT molecular complexity index is 1090. The van der Waals surface area contributed by atoms with Crippen LogP contribution in [0.3, 0.4) is 0 Å². The lowest BCUT2D eigenvalue weighted by Crippen LogP contribution is -1.98. The average molecular weight is 379 g/mol. The Morgan fingerprint density at radius 2 is 1.79 bits per heavy atom. The monoisotopic (exact) mass is 378 g/mol. The number of pyridine rings is 1. The van der Waals surface area contributed by atoms with Crippen molar-refractivity contribution in [1.82, 2.24) is 4.98 Å². The van der Waals surface area contributed by atoms with Crippen molar-refractivity contribution in [3.63, 3.8) is 0 Å². The van der Waals surface area contributed by atoms with Crippen LogP contribution in [0.5, 0.6) is 0 Å². The highest BCUT2D eigenvalue weighted by Gasteiger charge is 2.08. The number of aliphatic imine (C=N–C) groups is 1. The van der Waals surface area contributed by atoms with Gasteiger partial charge in [0.15, 0.2) is 0 Å². The fraction of sp³-hybridized carbons (Fsp3) is 0.111. The number of hydrogen-bond acceptors (Lipinski definition) is 2. The summed E-state index contributed by atoms with van der Waals surface area (Å²) in [6.07, 6.45) is 11.6. The molecule has 0 aliphatic heterocycles. The van der Waals surface area contributed by atoms with Crippen LogP contribution in [0.4, 0.5) is 5.69 Å². The lowest BCUT2D eigenvalue weighted by Gasteiger charge is -2.12. The van der Waals surface area contributed by atoms with Gasteiger partial charge in [0.25, 0.3) is 0 Å². The maximum absolute atomic E-state index is 4.90. The summed E-state index contributed by atoms with van der Waals surface area (Å²) in [5.74, 6) is 0. The zero-order valence-electron chi connectivity index (χ0n) is 17.3. The van der Waals surface area contributed by atoms with Crippen molar-refractivity contribution < 1.29 is 0 Å². The zero-order valence-corrected chi connectivity index (χ0v) is 17.3. The molecule has 29 heavy (non-hydrogen) atoms. The molecule has 0 saturated carbocycles.